The molecular formula is C26H36N2O. The van der Waals surface area contributed by atoms with Gasteiger partial charge in [0.25, 0.3) is 0 Å². The minimum absolute atomic E-state index is 0.0213. The molecule has 0 fully saturated rings. The number of benzene rings is 1. The van der Waals surface area contributed by atoms with Gasteiger partial charge in [-0.3, -0.25) is 9.69 Å². The molecular weight excluding hydrogens is 356 g/mol. The second kappa shape index (κ2) is 9.46. The van der Waals surface area contributed by atoms with Gasteiger partial charge in [0.05, 0.1) is 0 Å². The minimum Gasteiger partial charge on any atom is -0.326 e. The summed E-state index contributed by atoms with van der Waals surface area (Å²) in [5, 5.41) is 3.15. The maximum Gasteiger partial charge on any atom is 0.224 e. The summed E-state index contributed by atoms with van der Waals surface area (Å²) < 4.78 is 0. The van der Waals surface area contributed by atoms with Crippen LogP contribution in [-0.2, 0) is 11.3 Å². The first-order valence-corrected chi connectivity index (χ1v) is 10.4. The van der Waals surface area contributed by atoms with E-state index in [-0.39, 0.29) is 11.3 Å². The van der Waals surface area contributed by atoms with E-state index in [9.17, 15) is 4.79 Å². The fourth-order valence-electron chi connectivity index (χ4n) is 3.89. The predicted molar refractivity (Wildman–Crippen MR) is 124 cm³/mol. The van der Waals surface area contributed by atoms with Gasteiger partial charge in [0.1, 0.15) is 0 Å². The quantitative estimate of drug-likeness (QED) is 0.652. The van der Waals surface area contributed by atoms with Crippen LogP contribution in [-0.4, -0.2) is 23.9 Å². The van der Waals surface area contributed by atoms with Gasteiger partial charge in [-0.2, -0.15) is 0 Å². The van der Waals surface area contributed by atoms with Gasteiger partial charge in [-0.25, -0.2) is 0 Å². The minimum atomic E-state index is -0.0213. The number of aryl methyl sites for hydroxylation is 1. The molecule has 0 saturated carbocycles. The number of carbonyl (C=O) groups excluding carboxylic acids is 1. The smallest absolute Gasteiger partial charge is 0.224 e. The van der Waals surface area contributed by atoms with E-state index in [1.165, 1.54) is 22.3 Å². The molecule has 0 radical (unpaired) electrons. The number of amides is 1. The summed E-state index contributed by atoms with van der Waals surface area (Å²) in [4.78, 5) is 14.9. The fraction of sp³-hybridized carbons (Fsp3) is 0.500. The lowest BCUT2D eigenvalue weighted by Gasteiger charge is -2.29. The van der Waals surface area contributed by atoms with Crippen LogP contribution >= 0.6 is 0 Å². The number of rotatable bonds is 5. The number of hydrogen-bond acceptors (Lipinski definition) is 2. The van der Waals surface area contributed by atoms with Crippen molar-refractivity contribution in [2.45, 2.75) is 67.9 Å². The molecule has 0 atom stereocenters. The van der Waals surface area contributed by atoms with Crippen LogP contribution in [0.25, 0.3) is 0 Å². The average molecular weight is 393 g/mol. The average Bonchev–Trinajstić information content (AvgIpc) is 2.63. The Kier molecular flexibility index (Phi) is 7.49. The molecule has 1 aliphatic rings. The Morgan fingerprint density at radius 2 is 1.97 bits per heavy atom. The number of hydrogen-bond donors (Lipinski definition) is 1. The number of carbonyl (C=O) groups is 1. The van der Waals surface area contributed by atoms with E-state index < -0.39 is 0 Å². The maximum absolute atomic E-state index is 12.5. The zero-order valence-electron chi connectivity index (χ0n) is 19.3. The van der Waals surface area contributed by atoms with Crippen molar-refractivity contribution in [2.75, 3.05) is 18.4 Å². The summed E-state index contributed by atoms with van der Waals surface area (Å²) in [6, 6.07) is 2.23. The first-order chi connectivity index (χ1) is 13.6. The highest BCUT2D eigenvalue weighted by Gasteiger charge is 2.21. The Bertz CT molecular complexity index is 888. The fourth-order valence-corrected chi connectivity index (χ4v) is 3.89. The van der Waals surface area contributed by atoms with Gasteiger partial charge in [-0.05, 0) is 67.4 Å². The molecule has 29 heavy (non-hydrogen) atoms. The summed E-state index contributed by atoms with van der Waals surface area (Å²) in [5.41, 5.74) is 8.27. The van der Waals surface area contributed by atoms with Crippen LogP contribution in [0.4, 0.5) is 5.69 Å². The molecule has 0 saturated heterocycles. The summed E-state index contributed by atoms with van der Waals surface area (Å²) in [7, 11) is 0. The van der Waals surface area contributed by atoms with Crippen LogP contribution in [0.15, 0.2) is 29.9 Å². The molecule has 1 aromatic carbocycles. The highest BCUT2D eigenvalue weighted by atomic mass is 16.1. The Labute approximate surface area is 177 Å². The van der Waals surface area contributed by atoms with E-state index in [0.717, 1.165) is 42.9 Å². The van der Waals surface area contributed by atoms with Gasteiger partial charge in [-0.15, -0.1) is 5.92 Å². The van der Waals surface area contributed by atoms with E-state index in [0.29, 0.717) is 6.42 Å². The van der Waals surface area contributed by atoms with Crippen molar-refractivity contribution in [3.63, 3.8) is 0 Å². The zero-order chi connectivity index (χ0) is 21.8. The second-order valence-corrected chi connectivity index (χ2v) is 9.31. The van der Waals surface area contributed by atoms with E-state index >= 15 is 0 Å². The highest BCUT2D eigenvalue weighted by Crippen LogP contribution is 2.30. The van der Waals surface area contributed by atoms with Crippen molar-refractivity contribution in [2.24, 2.45) is 5.41 Å². The number of anilines is 1. The van der Waals surface area contributed by atoms with E-state index in [1.807, 2.05) is 13.0 Å². The molecule has 1 aromatic rings. The molecule has 1 N–H and O–H groups in total. The van der Waals surface area contributed by atoms with Gasteiger partial charge in [0, 0.05) is 37.3 Å². The topological polar surface area (TPSA) is 32.3 Å². The molecule has 1 amide bonds. The lowest BCUT2D eigenvalue weighted by molar-refractivity contribution is -0.117. The molecule has 0 aliphatic carbocycles. The van der Waals surface area contributed by atoms with Gasteiger partial charge < -0.3 is 5.32 Å². The predicted octanol–water partition coefficient (Wildman–Crippen LogP) is 5.70. The van der Waals surface area contributed by atoms with Crippen molar-refractivity contribution in [1.82, 2.24) is 4.90 Å². The summed E-state index contributed by atoms with van der Waals surface area (Å²) in [5.74, 6) is 6.33. The van der Waals surface area contributed by atoms with Gasteiger partial charge in [-0.1, -0.05) is 45.4 Å². The van der Waals surface area contributed by atoms with Crippen LogP contribution < -0.4 is 5.32 Å². The van der Waals surface area contributed by atoms with Crippen molar-refractivity contribution in [3.05, 3.63) is 52.1 Å². The molecule has 0 aromatic heterocycles. The van der Waals surface area contributed by atoms with Crippen LogP contribution in [0.5, 0.6) is 0 Å². The summed E-state index contributed by atoms with van der Waals surface area (Å²) in [6.45, 7) is 21.3. The van der Waals surface area contributed by atoms with Crippen LogP contribution in [0.1, 0.15) is 62.8 Å². The van der Waals surface area contributed by atoms with Crippen molar-refractivity contribution >= 4 is 11.6 Å². The zero-order valence-corrected chi connectivity index (χ0v) is 19.3. The highest BCUT2D eigenvalue weighted by molar-refractivity contribution is 5.93. The molecule has 0 bridgehead atoms. The monoisotopic (exact) mass is 392 g/mol. The summed E-state index contributed by atoms with van der Waals surface area (Å²) in [6.07, 6.45) is 3.43. The number of nitrogens with one attached hydrogen (secondary N) is 1. The molecule has 1 heterocycles. The van der Waals surface area contributed by atoms with Crippen molar-refractivity contribution < 1.29 is 4.79 Å². The van der Waals surface area contributed by atoms with E-state index in [4.69, 9.17) is 0 Å². The Hall–Kier alpha value is -2.31. The first-order valence-electron chi connectivity index (χ1n) is 10.4. The lowest BCUT2D eigenvalue weighted by atomic mass is 9.91. The normalized spacial score (nSPS) is 15.0. The maximum atomic E-state index is 12.5. The third kappa shape index (κ3) is 6.08. The SMILES string of the molecule is C=CC1=C(C#CC)CCN(Cc2cc(C)c(NC(=O)CC(C)(C)C)c(C)c2C)C1. The Balaban J connectivity index is 2.21. The summed E-state index contributed by atoms with van der Waals surface area (Å²) >= 11 is 0. The molecule has 3 nitrogen and oxygen atoms in total. The van der Waals surface area contributed by atoms with Gasteiger partial charge in [0.15, 0.2) is 0 Å². The molecule has 0 unspecified atom stereocenters. The molecule has 1 aliphatic heterocycles. The molecule has 2 rings (SSSR count). The Morgan fingerprint density at radius 3 is 2.55 bits per heavy atom. The lowest BCUT2D eigenvalue weighted by Crippen LogP contribution is -2.31. The second-order valence-electron chi connectivity index (χ2n) is 9.31. The molecule has 156 valence electrons. The van der Waals surface area contributed by atoms with Crippen LogP contribution in [0.3, 0.4) is 0 Å². The third-order valence-electron chi connectivity index (χ3n) is 5.54. The van der Waals surface area contributed by atoms with E-state index in [1.54, 1.807) is 0 Å². The van der Waals surface area contributed by atoms with E-state index in [2.05, 4.69) is 76.2 Å². The van der Waals surface area contributed by atoms with Gasteiger partial charge in [0.2, 0.25) is 5.91 Å². The first kappa shape index (κ1) is 23.0. The third-order valence-corrected chi connectivity index (χ3v) is 5.54. The standard InChI is InChI=1S/C26H36N2O/c1-9-11-22-12-13-28(16-21(22)10-2)17-23-14-18(3)25(20(5)19(23)4)27-24(29)15-26(6,7)8/h10,14H,2,12-13,15-17H2,1,3-8H3,(H,27,29). The largest absolute Gasteiger partial charge is 0.326 e. The van der Waals surface area contributed by atoms with Crippen LogP contribution in [0.2, 0.25) is 0 Å². The van der Waals surface area contributed by atoms with Crippen LogP contribution in [0, 0.1) is 38.0 Å². The number of nitrogens with zero attached hydrogens (tertiary/aromatic N) is 1. The van der Waals surface area contributed by atoms with Crippen molar-refractivity contribution in [1.29, 1.82) is 0 Å². The van der Waals surface area contributed by atoms with Gasteiger partial charge >= 0.3 is 0 Å². The Morgan fingerprint density at radius 1 is 1.28 bits per heavy atom. The molecule has 3 heteroatoms. The van der Waals surface area contributed by atoms with Crippen molar-refractivity contribution in [3.8, 4) is 11.8 Å². The molecule has 0 spiro atoms.